The van der Waals surface area contributed by atoms with Crippen molar-refractivity contribution in [3.63, 3.8) is 0 Å². The van der Waals surface area contributed by atoms with Gasteiger partial charge in [-0.3, -0.25) is 9.36 Å². The SMILES string of the molecule is COCC[C@@H](CO)NC(=O)c1ccc2c(c1)c1c(ncn1C)n2-c1ccc(C(F)(F)F)cc1. The molecule has 33 heavy (non-hydrogen) atoms. The Balaban J connectivity index is 1.77. The molecule has 0 aliphatic carbocycles. The van der Waals surface area contributed by atoms with Crippen LogP contribution in [-0.2, 0) is 18.0 Å². The van der Waals surface area contributed by atoms with Gasteiger partial charge in [0.1, 0.15) is 0 Å². The summed E-state index contributed by atoms with van der Waals surface area (Å²) >= 11 is 0. The molecule has 0 aliphatic rings. The second-order valence-corrected chi connectivity index (χ2v) is 7.77. The van der Waals surface area contributed by atoms with Crippen LogP contribution in [0.1, 0.15) is 22.3 Å². The van der Waals surface area contributed by atoms with Gasteiger partial charge in [0.25, 0.3) is 5.91 Å². The predicted molar refractivity (Wildman–Crippen MR) is 117 cm³/mol. The van der Waals surface area contributed by atoms with Crippen LogP contribution in [0.15, 0.2) is 48.8 Å². The Hall–Kier alpha value is -3.37. The zero-order valence-electron chi connectivity index (χ0n) is 18.1. The van der Waals surface area contributed by atoms with E-state index in [1.807, 2.05) is 7.05 Å². The van der Waals surface area contributed by atoms with Crippen molar-refractivity contribution >= 4 is 28.0 Å². The van der Waals surface area contributed by atoms with Crippen LogP contribution in [0, 0.1) is 0 Å². The summed E-state index contributed by atoms with van der Waals surface area (Å²) in [7, 11) is 3.36. The number of aryl methyl sites for hydroxylation is 1. The number of methoxy groups -OCH3 is 1. The van der Waals surface area contributed by atoms with E-state index in [1.165, 1.54) is 12.1 Å². The molecule has 2 aromatic heterocycles. The highest BCUT2D eigenvalue weighted by Gasteiger charge is 2.30. The first-order valence-electron chi connectivity index (χ1n) is 10.3. The number of carbonyl (C=O) groups excluding carboxylic acids is 1. The Labute approximate surface area is 187 Å². The Morgan fingerprint density at radius 2 is 1.94 bits per heavy atom. The molecule has 1 atom stereocenters. The molecule has 2 aromatic carbocycles. The Morgan fingerprint density at radius 3 is 2.58 bits per heavy atom. The van der Waals surface area contributed by atoms with Crippen molar-refractivity contribution in [3.8, 4) is 5.69 Å². The molecule has 4 rings (SSSR count). The molecule has 10 heteroatoms. The minimum Gasteiger partial charge on any atom is -0.394 e. The lowest BCUT2D eigenvalue weighted by molar-refractivity contribution is -0.137. The molecule has 0 unspecified atom stereocenters. The van der Waals surface area contributed by atoms with E-state index in [0.29, 0.717) is 35.4 Å². The second-order valence-electron chi connectivity index (χ2n) is 7.77. The number of imidazole rings is 1. The van der Waals surface area contributed by atoms with E-state index >= 15 is 0 Å². The highest BCUT2D eigenvalue weighted by Crippen LogP contribution is 2.34. The number of hydrogen-bond donors (Lipinski definition) is 2. The smallest absolute Gasteiger partial charge is 0.394 e. The average Bonchev–Trinajstić information content (AvgIpc) is 3.33. The maximum atomic E-state index is 13.0. The zero-order valence-corrected chi connectivity index (χ0v) is 18.1. The highest BCUT2D eigenvalue weighted by molar-refractivity contribution is 6.09. The number of aliphatic hydroxyl groups excluding tert-OH is 1. The first-order chi connectivity index (χ1) is 15.7. The number of nitrogens with one attached hydrogen (secondary N) is 1. The van der Waals surface area contributed by atoms with Crippen LogP contribution in [0.25, 0.3) is 27.8 Å². The molecule has 0 spiro atoms. The van der Waals surface area contributed by atoms with Crippen molar-refractivity contribution in [1.82, 2.24) is 19.4 Å². The fourth-order valence-corrected chi connectivity index (χ4v) is 3.87. The van der Waals surface area contributed by atoms with Gasteiger partial charge in [0.2, 0.25) is 0 Å². The van der Waals surface area contributed by atoms with Crippen molar-refractivity contribution in [2.45, 2.75) is 18.6 Å². The fraction of sp³-hybridized carbons (Fsp3) is 0.304. The van der Waals surface area contributed by atoms with Gasteiger partial charge in [-0.1, -0.05) is 0 Å². The first kappa shape index (κ1) is 22.8. The summed E-state index contributed by atoms with van der Waals surface area (Å²) in [6, 6.07) is 9.53. The van der Waals surface area contributed by atoms with Gasteiger partial charge in [-0.2, -0.15) is 13.2 Å². The molecule has 0 aliphatic heterocycles. The van der Waals surface area contributed by atoms with Crippen LogP contribution in [0.3, 0.4) is 0 Å². The summed E-state index contributed by atoms with van der Waals surface area (Å²) in [5.74, 6) is -0.343. The predicted octanol–water partition coefficient (Wildman–Crippen LogP) is 3.66. The molecule has 0 saturated carbocycles. The van der Waals surface area contributed by atoms with Gasteiger partial charge in [0, 0.05) is 37.4 Å². The maximum absolute atomic E-state index is 13.0. The molecule has 0 radical (unpaired) electrons. The molecular formula is C23H23F3N4O3. The van der Waals surface area contributed by atoms with Crippen molar-refractivity contribution < 1.29 is 27.8 Å². The molecule has 2 heterocycles. The number of halogens is 3. The minimum atomic E-state index is -4.42. The lowest BCUT2D eigenvalue weighted by Gasteiger charge is -2.16. The largest absolute Gasteiger partial charge is 0.416 e. The average molecular weight is 460 g/mol. The maximum Gasteiger partial charge on any atom is 0.416 e. The highest BCUT2D eigenvalue weighted by atomic mass is 19.4. The van der Waals surface area contributed by atoms with Gasteiger partial charge in [0.05, 0.1) is 35.6 Å². The van der Waals surface area contributed by atoms with E-state index in [4.69, 9.17) is 4.74 Å². The number of alkyl halides is 3. The Bertz CT molecular complexity index is 1290. The summed E-state index contributed by atoms with van der Waals surface area (Å²) in [5, 5.41) is 13.0. The second kappa shape index (κ2) is 8.87. The minimum absolute atomic E-state index is 0.215. The number of ether oxygens (including phenoxy) is 1. The van der Waals surface area contributed by atoms with Gasteiger partial charge >= 0.3 is 6.18 Å². The third-order valence-corrected chi connectivity index (χ3v) is 5.56. The van der Waals surface area contributed by atoms with Crippen LogP contribution in [0.2, 0.25) is 0 Å². The van der Waals surface area contributed by atoms with Crippen LogP contribution >= 0.6 is 0 Å². The van der Waals surface area contributed by atoms with E-state index in [9.17, 15) is 23.1 Å². The Morgan fingerprint density at radius 1 is 1.21 bits per heavy atom. The first-order valence-corrected chi connectivity index (χ1v) is 10.3. The molecule has 4 aromatic rings. The normalized spacial score (nSPS) is 13.0. The summed E-state index contributed by atoms with van der Waals surface area (Å²) < 4.78 is 47.6. The number of aromatic nitrogens is 3. The summed E-state index contributed by atoms with van der Waals surface area (Å²) in [4.78, 5) is 17.2. The number of nitrogens with zero attached hydrogens (tertiary/aromatic N) is 3. The number of rotatable bonds is 7. The molecule has 1 amide bonds. The monoisotopic (exact) mass is 460 g/mol. The molecule has 0 fully saturated rings. The lowest BCUT2D eigenvalue weighted by atomic mass is 10.1. The van der Waals surface area contributed by atoms with E-state index in [2.05, 4.69) is 10.3 Å². The third-order valence-electron chi connectivity index (χ3n) is 5.56. The molecule has 0 saturated heterocycles. The van der Waals surface area contributed by atoms with Gasteiger partial charge in [-0.15, -0.1) is 0 Å². The van der Waals surface area contributed by atoms with Gasteiger partial charge in [-0.05, 0) is 48.9 Å². The van der Waals surface area contributed by atoms with E-state index in [1.54, 1.807) is 40.8 Å². The van der Waals surface area contributed by atoms with Crippen molar-refractivity contribution in [3.05, 3.63) is 59.9 Å². The number of hydrogen-bond acceptors (Lipinski definition) is 4. The third kappa shape index (κ3) is 4.31. The van der Waals surface area contributed by atoms with Crippen LogP contribution in [0.5, 0.6) is 0 Å². The summed E-state index contributed by atoms with van der Waals surface area (Å²) in [6.07, 6.45) is -2.34. The number of amides is 1. The number of carbonyl (C=O) groups is 1. The van der Waals surface area contributed by atoms with Gasteiger partial charge in [-0.25, -0.2) is 4.98 Å². The Kier molecular flexibility index (Phi) is 6.13. The standard InChI is InChI=1S/C23H23F3N4O3/c1-29-13-27-21-20(29)18-11-14(22(32)28-16(12-31)9-10-33-2)3-8-19(18)30(21)17-6-4-15(5-7-17)23(24,25)26/h3-8,11,13,16,31H,9-10,12H2,1-2H3,(H,28,32)/t16-/m0/s1. The molecule has 174 valence electrons. The van der Waals surface area contributed by atoms with E-state index < -0.39 is 17.8 Å². The van der Waals surface area contributed by atoms with Gasteiger partial charge in [0.15, 0.2) is 5.65 Å². The number of aliphatic hydroxyl groups is 1. The summed E-state index contributed by atoms with van der Waals surface area (Å²) in [6.45, 7) is 0.184. The quantitative estimate of drug-likeness (QED) is 0.441. The lowest BCUT2D eigenvalue weighted by Crippen LogP contribution is -2.38. The summed E-state index contributed by atoms with van der Waals surface area (Å²) in [5.41, 5.74) is 2.21. The van der Waals surface area contributed by atoms with Gasteiger partial charge < -0.3 is 19.7 Å². The topological polar surface area (TPSA) is 81.3 Å². The van der Waals surface area contributed by atoms with Crippen LogP contribution in [0.4, 0.5) is 13.2 Å². The van der Waals surface area contributed by atoms with Crippen LogP contribution in [-0.4, -0.2) is 51.5 Å². The molecule has 2 N–H and O–H groups in total. The molecule has 0 bridgehead atoms. The van der Waals surface area contributed by atoms with Crippen LogP contribution < -0.4 is 5.32 Å². The van der Waals surface area contributed by atoms with Crippen molar-refractivity contribution in [1.29, 1.82) is 0 Å². The van der Waals surface area contributed by atoms with E-state index in [-0.39, 0.29) is 12.5 Å². The molecular weight excluding hydrogens is 437 g/mol. The van der Waals surface area contributed by atoms with E-state index in [0.717, 1.165) is 23.0 Å². The zero-order chi connectivity index (χ0) is 23.8. The fourth-order valence-electron chi connectivity index (χ4n) is 3.87. The van der Waals surface area contributed by atoms with Crippen molar-refractivity contribution in [2.24, 2.45) is 7.05 Å². The number of fused-ring (bicyclic) bond motifs is 3. The molecule has 7 nitrogen and oxygen atoms in total. The number of benzene rings is 2. The van der Waals surface area contributed by atoms with Crippen molar-refractivity contribution in [2.75, 3.05) is 20.3 Å².